The summed E-state index contributed by atoms with van der Waals surface area (Å²) in [6.07, 6.45) is -3.11. The Morgan fingerprint density at radius 3 is 2.36 bits per heavy atom. The van der Waals surface area contributed by atoms with Gasteiger partial charge in [0.15, 0.2) is 0 Å². The van der Waals surface area contributed by atoms with Crippen molar-refractivity contribution in [3.63, 3.8) is 0 Å². The van der Waals surface area contributed by atoms with Gasteiger partial charge >= 0.3 is 6.18 Å². The standard InChI is InChI=1S/C17H15BrClF3N4O2/c1-26(9-16(28)25-14-5-2-10(18)7-23-14)8-15(27)24-11-3-4-13(19)12(6-11)17(20,21)22/h2-7H,8-9H2,1H3,(H,24,27)(H,23,25,28). The quantitative estimate of drug-likeness (QED) is 0.656. The maximum Gasteiger partial charge on any atom is 0.417 e. The van der Waals surface area contributed by atoms with Gasteiger partial charge in [0.2, 0.25) is 11.8 Å². The van der Waals surface area contributed by atoms with Crippen LogP contribution in [0.15, 0.2) is 41.0 Å². The van der Waals surface area contributed by atoms with Crippen LogP contribution in [0, 0.1) is 0 Å². The van der Waals surface area contributed by atoms with E-state index in [1.807, 2.05) is 0 Å². The molecule has 0 radical (unpaired) electrons. The fourth-order valence-corrected chi connectivity index (χ4v) is 2.66. The first-order chi connectivity index (χ1) is 13.0. The highest BCUT2D eigenvalue weighted by atomic mass is 79.9. The van der Waals surface area contributed by atoms with Gasteiger partial charge in [0.05, 0.1) is 23.7 Å². The number of rotatable bonds is 6. The summed E-state index contributed by atoms with van der Waals surface area (Å²) in [5.41, 5.74) is -1.08. The second-order valence-corrected chi connectivity index (χ2v) is 7.15. The lowest BCUT2D eigenvalue weighted by molar-refractivity contribution is -0.137. The molecule has 0 atom stereocenters. The molecule has 0 fully saturated rings. The summed E-state index contributed by atoms with van der Waals surface area (Å²) in [6.45, 7) is -0.315. The largest absolute Gasteiger partial charge is 0.417 e. The van der Waals surface area contributed by atoms with Crippen LogP contribution < -0.4 is 10.6 Å². The van der Waals surface area contributed by atoms with Crippen molar-refractivity contribution in [3.05, 3.63) is 51.6 Å². The molecule has 0 bridgehead atoms. The Labute approximate surface area is 172 Å². The molecule has 150 valence electrons. The monoisotopic (exact) mass is 478 g/mol. The number of carbonyl (C=O) groups is 2. The topological polar surface area (TPSA) is 74.3 Å². The zero-order chi connectivity index (χ0) is 20.9. The molecule has 1 heterocycles. The van der Waals surface area contributed by atoms with Crippen LogP contribution in [0.5, 0.6) is 0 Å². The van der Waals surface area contributed by atoms with Crippen LogP contribution in [-0.4, -0.2) is 41.8 Å². The van der Waals surface area contributed by atoms with E-state index >= 15 is 0 Å². The summed E-state index contributed by atoms with van der Waals surface area (Å²) in [6, 6.07) is 6.39. The average molecular weight is 480 g/mol. The van der Waals surface area contributed by atoms with Gasteiger partial charge in [0.25, 0.3) is 0 Å². The number of anilines is 2. The molecule has 0 aliphatic heterocycles. The van der Waals surface area contributed by atoms with E-state index in [2.05, 4.69) is 31.5 Å². The molecule has 2 N–H and O–H groups in total. The summed E-state index contributed by atoms with van der Waals surface area (Å²) in [5.74, 6) is -0.615. The van der Waals surface area contributed by atoms with Crippen LogP contribution in [0.3, 0.4) is 0 Å². The molecule has 0 unspecified atom stereocenters. The number of halogens is 5. The minimum atomic E-state index is -4.63. The van der Waals surface area contributed by atoms with Crippen LogP contribution in [0.4, 0.5) is 24.7 Å². The Balaban J connectivity index is 1.88. The van der Waals surface area contributed by atoms with Crippen LogP contribution in [0.2, 0.25) is 5.02 Å². The number of hydrogen-bond acceptors (Lipinski definition) is 4. The minimum Gasteiger partial charge on any atom is -0.325 e. The number of nitrogens with zero attached hydrogens (tertiary/aromatic N) is 2. The molecule has 6 nitrogen and oxygen atoms in total. The van der Waals surface area contributed by atoms with E-state index in [0.29, 0.717) is 5.82 Å². The molecule has 2 aromatic rings. The normalized spacial score (nSPS) is 11.4. The van der Waals surface area contributed by atoms with Crippen molar-refractivity contribution in [2.45, 2.75) is 6.18 Å². The van der Waals surface area contributed by atoms with E-state index in [1.165, 1.54) is 24.2 Å². The van der Waals surface area contributed by atoms with Gasteiger partial charge in [-0.2, -0.15) is 13.2 Å². The Morgan fingerprint density at radius 1 is 1.14 bits per heavy atom. The molecule has 0 aliphatic rings. The van der Waals surface area contributed by atoms with Gasteiger partial charge in [-0.25, -0.2) is 4.98 Å². The van der Waals surface area contributed by atoms with Crippen LogP contribution in [-0.2, 0) is 15.8 Å². The maximum absolute atomic E-state index is 12.9. The number of nitrogens with one attached hydrogen (secondary N) is 2. The Kier molecular flexibility index (Phi) is 7.39. The molecule has 0 aliphatic carbocycles. The zero-order valence-electron chi connectivity index (χ0n) is 14.5. The molecule has 1 aromatic carbocycles. The van der Waals surface area contributed by atoms with Gasteiger partial charge in [-0.3, -0.25) is 14.5 Å². The fraction of sp³-hybridized carbons (Fsp3) is 0.235. The number of aromatic nitrogens is 1. The maximum atomic E-state index is 12.9. The first kappa shape index (κ1) is 22.1. The number of benzene rings is 1. The number of alkyl halides is 3. The highest BCUT2D eigenvalue weighted by Gasteiger charge is 2.33. The predicted molar refractivity (Wildman–Crippen MR) is 103 cm³/mol. The average Bonchev–Trinajstić information content (AvgIpc) is 2.57. The molecule has 2 rings (SSSR count). The first-order valence-corrected chi connectivity index (χ1v) is 8.98. The Hall–Kier alpha value is -2.17. The van der Waals surface area contributed by atoms with Crippen LogP contribution >= 0.6 is 27.5 Å². The first-order valence-electron chi connectivity index (χ1n) is 7.81. The minimum absolute atomic E-state index is 0.0429. The number of hydrogen-bond donors (Lipinski definition) is 2. The van der Waals surface area contributed by atoms with Crippen LogP contribution in [0.25, 0.3) is 0 Å². The molecular weight excluding hydrogens is 465 g/mol. The molecule has 0 spiro atoms. The van der Waals surface area contributed by atoms with Gasteiger partial charge in [0.1, 0.15) is 5.82 Å². The van der Waals surface area contributed by atoms with Gasteiger partial charge < -0.3 is 10.6 Å². The zero-order valence-corrected chi connectivity index (χ0v) is 16.8. The predicted octanol–water partition coefficient (Wildman–Crippen LogP) is 4.03. The van der Waals surface area contributed by atoms with Crippen molar-refractivity contribution in [2.75, 3.05) is 30.8 Å². The lowest BCUT2D eigenvalue weighted by atomic mass is 10.2. The van der Waals surface area contributed by atoms with E-state index in [4.69, 9.17) is 11.6 Å². The summed E-state index contributed by atoms with van der Waals surface area (Å²) in [7, 11) is 1.52. The molecule has 11 heteroatoms. The van der Waals surface area contributed by atoms with E-state index in [0.717, 1.165) is 16.6 Å². The highest BCUT2D eigenvalue weighted by Crippen LogP contribution is 2.36. The number of amides is 2. The second-order valence-electron chi connectivity index (χ2n) is 5.82. The van der Waals surface area contributed by atoms with E-state index in [-0.39, 0.29) is 18.8 Å². The number of likely N-dealkylation sites (N-methyl/N-ethyl adjacent to an activating group) is 1. The molecule has 2 amide bonds. The lowest BCUT2D eigenvalue weighted by Gasteiger charge is -2.16. The molecule has 0 saturated heterocycles. The smallest absolute Gasteiger partial charge is 0.325 e. The number of pyridine rings is 1. The molecule has 28 heavy (non-hydrogen) atoms. The van der Waals surface area contributed by atoms with Gasteiger partial charge in [0, 0.05) is 16.4 Å². The number of carbonyl (C=O) groups excluding carboxylic acids is 2. The summed E-state index contributed by atoms with van der Waals surface area (Å²) in [4.78, 5) is 29.4. The fourth-order valence-electron chi connectivity index (χ4n) is 2.20. The third-order valence-electron chi connectivity index (χ3n) is 3.38. The SMILES string of the molecule is CN(CC(=O)Nc1ccc(Cl)c(C(F)(F)F)c1)CC(=O)Nc1ccc(Br)cn1. The molecular formula is C17H15BrClF3N4O2. The van der Waals surface area contributed by atoms with Gasteiger partial charge in [-0.1, -0.05) is 11.6 Å². The molecule has 1 aromatic heterocycles. The van der Waals surface area contributed by atoms with Crippen molar-refractivity contribution < 1.29 is 22.8 Å². The lowest BCUT2D eigenvalue weighted by Crippen LogP contribution is -2.36. The second kappa shape index (κ2) is 9.35. The van der Waals surface area contributed by atoms with E-state index in [1.54, 1.807) is 12.1 Å². The van der Waals surface area contributed by atoms with Gasteiger partial charge in [-0.05, 0) is 53.3 Å². The third-order valence-corrected chi connectivity index (χ3v) is 4.18. The summed E-state index contributed by atoms with van der Waals surface area (Å²) >= 11 is 8.77. The van der Waals surface area contributed by atoms with Gasteiger partial charge in [-0.15, -0.1) is 0 Å². The van der Waals surface area contributed by atoms with Crippen molar-refractivity contribution >= 4 is 50.9 Å². The Bertz CT molecular complexity index is 862. The highest BCUT2D eigenvalue weighted by molar-refractivity contribution is 9.10. The third kappa shape index (κ3) is 6.77. The van der Waals surface area contributed by atoms with Crippen molar-refractivity contribution in [1.82, 2.24) is 9.88 Å². The van der Waals surface area contributed by atoms with Crippen LogP contribution in [0.1, 0.15) is 5.56 Å². The van der Waals surface area contributed by atoms with Crippen molar-refractivity contribution in [2.24, 2.45) is 0 Å². The van der Waals surface area contributed by atoms with Crippen molar-refractivity contribution in [3.8, 4) is 0 Å². The van der Waals surface area contributed by atoms with Crippen molar-refractivity contribution in [1.29, 1.82) is 0 Å². The van der Waals surface area contributed by atoms with E-state index in [9.17, 15) is 22.8 Å². The molecule has 0 saturated carbocycles. The van der Waals surface area contributed by atoms with E-state index < -0.39 is 28.6 Å². The Morgan fingerprint density at radius 2 is 1.79 bits per heavy atom. The summed E-state index contributed by atoms with van der Waals surface area (Å²) in [5, 5.41) is 4.47. The summed E-state index contributed by atoms with van der Waals surface area (Å²) < 4.78 is 39.3.